The van der Waals surface area contributed by atoms with Crippen LogP contribution in [-0.2, 0) is 0 Å². The highest BCUT2D eigenvalue weighted by atomic mass is 32.1. The molecular formula is C33H39N5OS. The van der Waals surface area contributed by atoms with E-state index in [9.17, 15) is 0 Å². The van der Waals surface area contributed by atoms with Crippen molar-refractivity contribution in [3.05, 3.63) is 102 Å². The summed E-state index contributed by atoms with van der Waals surface area (Å²) >= 11 is 5.96. The number of aromatic nitrogens is 2. The molecule has 7 heteroatoms. The fourth-order valence-electron chi connectivity index (χ4n) is 5.79. The zero-order chi connectivity index (χ0) is 28.4. The number of benzene rings is 2. The average Bonchev–Trinajstić information content (AvgIpc) is 3.45. The lowest BCUT2D eigenvalue weighted by atomic mass is 9.96. The standard InChI is InChI=1S/C33H39N5OS/c1-7-36(8-2)25-12-14-26(15-13-25)37-23(5)21-29(24(37)6)32-31(30-11-9-10-20-34-30)35-33(40)38(32)27-16-18-28(19-17-27)39-22(3)4/h9-22,31-32H,7-8H2,1-6H3,(H,35,40)/t31-,32-/m1/s1. The molecule has 1 saturated heterocycles. The molecule has 3 heterocycles. The minimum atomic E-state index is -0.0979. The van der Waals surface area contributed by atoms with Crippen LogP contribution in [0.3, 0.4) is 0 Å². The van der Waals surface area contributed by atoms with E-state index in [1.807, 2.05) is 44.3 Å². The van der Waals surface area contributed by atoms with E-state index in [4.69, 9.17) is 21.9 Å². The molecule has 1 fully saturated rings. The minimum absolute atomic E-state index is 0.0748. The van der Waals surface area contributed by atoms with E-state index in [1.54, 1.807) is 0 Å². The summed E-state index contributed by atoms with van der Waals surface area (Å²) in [6, 6.07) is 25.3. The lowest BCUT2D eigenvalue weighted by Gasteiger charge is -2.28. The Morgan fingerprint density at radius 3 is 2.23 bits per heavy atom. The van der Waals surface area contributed by atoms with E-state index in [-0.39, 0.29) is 18.2 Å². The molecule has 1 aliphatic heterocycles. The van der Waals surface area contributed by atoms with Crippen molar-refractivity contribution in [2.24, 2.45) is 0 Å². The second-order valence-electron chi connectivity index (χ2n) is 10.5. The summed E-state index contributed by atoms with van der Waals surface area (Å²) in [5, 5.41) is 4.28. The fourth-order valence-corrected chi connectivity index (χ4v) is 6.14. The number of pyridine rings is 1. The molecular weight excluding hydrogens is 514 g/mol. The van der Waals surface area contributed by atoms with Crippen LogP contribution in [0.1, 0.15) is 62.4 Å². The second kappa shape index (κ2) is 11.7. The van der Waals surface area contributed by atoms with Crippen LogP contribution in [-0.4, -0.2) is 33.9 Å². The van der Waals surface area contributed by atoms with Crippen molar-refractivity contribution >= 4 is 28.7 Å². The third-order valence-corrected chi connectivity index (χ3v) is 7.92. The predicted octanol–water partition coefficient (Wildman–Crippen LogP) is 7.30. The number of nitrogens with one attached hydrogen (secondary N) is 1. The summed E-state index contributed by atoms with van der Waals surface area (Å²) in [6.45, 7) is 14.8. The van der Waals surface area contributed by atoms with Gasteiger partial charge < -0.3 is 24.4 Å². The molecule has 2 atom stereocenters. The van der Waals surface area contributed by atoms with Crippen LogP contribution in [0.15, 0.2) is 79.0 Å². The van der Waals surface area contributed by atoms with Crippen LogP contribution in [0, 0.1) is 13.8 Å². The first-order chi connectivity index (χ1) is 19.3. The Balaban J connectivity index is 1.58. The first-order valence-corrected chi connectivity index (χ1v) is 14.5. The Labute approximate surface area is 243 Å². The van der Waals surface area contributed by atoms with E-state index in [1.165, 1.54) is 22.6 Å². The molecule has 1 N–H and O–H groups in total. The number of hydrogen-bond donors (Lipinski definition) is 1. The van der Waals surface area contributed by atoms with Crippen molar-refractivity contribution in [2.75, 3.05) is 22.9 Å². The topological polar surface area (TPSA) is 45.6 Å². The van der Waals surface area contributed by atoms with Crippen LogP contribution >= 0.6 is 12.2 Å². The Bertz CT molecular complexity index is 1440. The van der Waals surface area contributed by atoms with Gasteiger partial charge in [-0.1, -0.05) is 6.07 Å². The Kier molecular flexibility index (Phi) is 8.12. The molecule has 2 aromatic carbocycles. The van der Waals surface area contributed by atoms with E-state index >= 15 is 0 Å². The number of rotatable bonds is 9. The largest absolute Gasteiger partial charge is 0.491 e. The Morgan fingerprint density at radius 2 is 1.62 bits per heavy atom. The quantitative estimate of drug-likeness (QED) is 0.220. The molecule has 6 nitrogen and oxygen atoms in total. The van der Waals surface area contributed by atoms with Gasteiger partial charge in [-0.05, 0) is 126 Å². The number of hydrogen-bond acceptors (Lipinski definition) is 4. The molecule has 0 bridgehead atoms. The van der Waals surface area contributed by atoms with Crippen LogP contribution in [0.5, 0.6) is 5.75 Å². The first-order valence-electron chi connectivity index (χ1n) is 14.1. The zero-order valence-corrected chi connectivity index (χ0v) is 25.1. The molecule has 0 saturated carbocycles. The lowest BCUT2D eigenvalue weighted by molar-refractivity contribution is 0.242. The van der Waals surface area contributed by atoms with Gasteiger partial charge in [-0.2, -0.15) is 0 Å². The SMILES string of the molecule is CCN(CC)c1ccc(-n2c(C)cc([C@@H]3[C@@H](c4ccccn4)NC(=S)N3c3ccc(OC(C)C)cc3)c2C)cc1. The maximum absolute atomic E-state index is 5.96. The lowest BCUT2D eigenvalue weighted by Crippen LogP contribution is -2.29. The molecule has 4 aromatic rings. The molecule has 1 aliphatic rings. The van der Waals surface area contributed by atoms with Crippen molar-refractivity contribution in [1.82, 2.24) is 14.9 Å². The smallest absolute Gasteiger partial charge is 0.174 e. The maximum Gasteiger partial charge on any atom is 0.174 e. The van der Waals surface area contributed by atoms with Crippen molar-refractivity contribution in [2.45, 2.75) is 59.7 Å². The van der Waals surface area contributed by atoms with Gasteiger partial charge >= 0.3 is 0 Å². The molecule has 208 valence electrons. The third kappa shape index (κ3) is 5.30. The molecule has 5 rings (SSSR count). The molecule has 0 aliphatic carbocycles. The van der Waals surface area contributed by atoms with Crippen LogP contribution in [0.25, 0.3) is 5.69 Å². The zero-order valence-electron chi connectivity index (χ0n) is 24.3. The van der Waals surface area contributed by atoms with Crippen LogP contribution in [0.4, 0.5) is 11.4 Å². The molecule has 0 unspecified atom stereocenters. The summed E-state index contributed by atoms with van der Waals surface area (Å²) in [5.41, 5.74) is 7.97. The van der Waals surface area contributed by atoms with Crippen molar-refractivity contribution < 1.29 is 4.74 Å². The molecule has 0 spiro atoms. The predicted molar refractivity (Wildman–Crippen MR) is 169 cm³/mol. The number of anilines is 2. The van der Waals surface area contributed by atoms with Crippen LogP contribution in [0.2, 0.25) is 0 Å². The Morgan fingerprint density at radius 1 is 0.950 bits per heavy atom. The summed E-state index contributed by atoms with van der Waals surface area (Å²) in [6.07, 6.45) is 1.96. The van der Waals surface area contributed by atoms with Crippen molar-refractivity contribution in [3.63, 3.8) is 0 Å². The van der Waals surface area contributed by atoms with Gasteiger partial charge in [0, 0.05) is 47.7 Å². The van der Waals surface area contributed by atoms with E-state index in [0.717, 1.165) is 35.9 Å². The van der Waals surface area contributed by atoms with Crippen molar-refractivity contribution in [1.29, 1.82) is 0 Å². The van der Waals surface area contributed by atoms with Gasteiger partial charge in [0.05, 0.1) is 23.9 Å². The Hall–Kier alpha value is -3.84. The van der Waals surface area contributed by atoms with Gasteiger partial charge in [-0.25, -0.2) is 0 Å². The highest BCUT2D eigenvalue weighted by Gasteiger charge is 2.42. The number of aryl methyl sites for hydroxylation is 1. The molecule has 0 radical (unpaired) electrons. The van der Waals surface area contributed by atoms with Gasteiger partial charge in [0.25, 0.3) is 0 Å². The van der Waals surface area contributed by atoms with E-state index in [0.29, 0.717) is 5.11 Å². The number of nitrogens with zero attached hydrogens (tertiary/aromatic N) is 4. The summed E-state index contributed by atoms with van der Waals surface area (Å²) in [5.74, 6) is 0.848. The number of ether oxygens (including phenoxy) is 1. The van der Waals surface area contributed by atoms with E-state index in [2.05, 4.69) is 95.9 Å². The molecule has 0 amide bonds. The van der Waals surface area contributed by atoms with Gasteiger partial charge in [-0.15, -0.1) is 0 Å². The highest BCUT2D eigenvalue weighted by molar-refractivity contribution is 7.80. The molecule has 40 heavy (non-hydrogen) atoms. The normalized spacial score (nSPS) is 16.9. The number of thiocarbonyl (C=S) groups is 1. The van der Waals surface area contributed by atoms with Gasteiger partial charge in [0.1, 0.15) is 5.75 Å². The second-order valence-corrected chi connectivity index (χ2v) is 10.9. The average molecular weight is 554 g/mol. The summed E-state index contributed by atoms with van der Waals surface area (Å²) in [7, 11) is 0. The first kappa shape index (κ1) is 27.7. The minimum Gasteiger partial charge on any atom is -0.491 e. The monoisotopic (exact) mass is 553 g/mol. The summed E-state index contributed by atoms with van der Waals surface area (Å²) in [4.78, 5) is 9.31. The van der Waals surface area contributed by atoms with Gasteiger partial charge in [0.2, 0.25) is 0 Å². The highest BCUT2D eigenvalue weighted by Crippen LogP contribution is 2.44. The third-order valence-electron chi connectivity index (χ3n) is 7.61. The summed E-state index contributed by atoms with van der Waals surface area (Å²) < 4.78 is 8.25. The van der Waals surface area contributed by atoms with Crippen LogP contribution < -0.4 is 19.9 Å². The molecule has 2 aromatic heterocycles. The van der Waals surface area contributed by atoms with Gasteiger partial charge in [0.15, 0.2) is 5.11 Å². The van der Waals surface area contributed by atoms with Gasteiger partial charge in [-0.3, -0.25) is 4.98 Å². The van der Waals surface area contributed by atoms with E-state index < -0.39 is 0 Å². The van der Waals surface area contributed by atoms with Crippen molar-refractivity contribution in [3.8, 4) is 11.4 Å². The maximum atomic E-state index is 5.96. The fraction of sp³-hybridized carbons (Fsp3) is 0.333.